The van der Waals surface area contributed by atoms with Gasteiger partial charge in [-0.1, -0.05) is 23.7 Å². The molecule has 4 nitrogen and oxygen atoms in total. The van der Waals surface area contributed by atoms with Gasteiger partial charge in [-0.15, -0.1) is 0 Å². The van der Waals surface area contributed by atoms with E-state index < -0.39 is 5.82 Å². The first-order valence-electron chi connectivity index (χ1n) is 6.17. The minimum absolute atomic E-state index is 0.0629. The summed E-state index contributed by atoms with van der Waals surface area (Å²) in [6, 6.07) is 4.96. The first-order chi connectivity index (χ1) is 9.16. The molecular formula is C13H16ClFN2O2. The second-order valence-corrected chi connectivity index (χ2v) is 4.84. The molecule has 1 heterocycles. The molecule has 0 saturated carbocycles. The van der Waals surface area contributed by atoms with Crippen LogP contribution >= 0.6 is 11.6 Å². The lowest BCUT2D eigenvalue weighted by molar-refractivity contribution is -0.120. The van der Waals surface area contributed by atoms with E-state index in [-0.39, 0.29) is 30.1 Å². The van der Waals surface area contributed by atoms with Gasteiger partial charge in [-0.25, -0.2) is 4.39 Å². The highest BCUT2D eigenvalue weighted by molar-refractivity contribution is 6.30. The van der Waals surface area contributed by atoms with Crippen LogP contribution in [0.3, 0.4) is 0 Å². The van der Waals surface area contributed by atoms with Crippen LogP contribution in [0.1, 0.15) is 12.0 Å². The average molecular weight is 287 g/mol. The Hall–Kier alpha value is -1.17. The van der Waals surface area contributed by atoms with E-state index in [1.807, 2.05) is 0 Å². The second kappa shape index (κ2) is 6.84. The van der Waals surface area contributed by atoms with Crippen LogP contribution in [-0.2, 0) is 16.1 Å². The van der Waals surface area contributed by atoms with E-state index >= 15 is 0 Å². The topological polar surface area (TPSA) is 50.4 Å². The van der Waals surface area contributed by atoms with Gasteiger partial charge in [-0.2, -0.15) is 0 Å². The van der Waals surface area contributed by atoms with E-state index in [1.165, 1.54) is 6.07 Å². The van der Waals surface area contributed by atoms with Gasteiger partial charge < -0.3 is 15.4 Å². The van der Waals surface area contributed by atoms with Crippen LogP contribution < -0.4 is 10.6 Å². The molecule has 1 fully saturated rings. The molecule has 0 spiro atoms. The monoisotopic (exact) mass is 286 g/mol. The molecule has 1 aliphatic rings. The van der Waals surface area contributed by atoms with Crippen molar-refractivity contribution < 1.29 is 13.9 Å². The lowest BCUT2D eigenvalue weighted by Gasteiger charge is -2.11. The molecule has 0 bridgehead atoms. The summed E-state index contributed by atoms with van der Waals surface area (Å²) in [5, 5.41) is 5.80. The van der Waals surface area contributed by atoms with Gasteiger partial charge in [0.05, 0.1) is 18.2 Å². The van der Waals surface area contributed by atoms with Crippen LogP contribution in [0.4, 0.5) is 4.39 Å². The van der Waals surface area contributed by atoms with Crippen molar-refractivity contribution in [2.45, 2.75) is 19.0 Å². The van der Waals surface area contributed by atoms with Crippen molar-refractivity contribution in [2.75, 3.05) is 19.8 Å². The molecule has 1 aliphatic heterocycles. The smallest absolute Gasteiger partial charge is 0.234 e. The molecule has 0 unspecified atom stereocenters. The van der Waals surface area contributed by atoms with Crippen molar-refractivity contribution in [3.05, 3.63) is 34.6 Å². The Morgan fingerprint density at radius 2 is 2.37 bits per heavy atom. The summed E-state index contributed by atoms with van der Waals surface area (Å²) in [4.78, 5) is 11.6. The van der Waals surface area contributed by atoms with Crippen molar-refractivity contribution in [3.8, 4) is 0 Å². The second-order valence-electron chi connectivity index (χ2n) is 4.43. The SMILES string of the molecule is O=C(CN[C@H]1CCOC1)NCc1cccc(Cl)c1F. The zero-order valence-electron chi connectivity index (χ0n) is 10.4. The van der Waals surface area contributed by atoms with Gasteiger partial charge in [-0.3, -0.25) is 4.79 Å². The van der Waals surface area contributed by atoms with Crippen LogP contribution in [0.15, 0.2) is 18.2 Å². The molecule has 0 radical (unpaired) electrons. The summed E-state index contributed by atoms with van der Waals surface area (Å²) in [7, 11) is 0. The first kappa shape index (κ1) is 14.2. The molecule has 2 N–H and O–H groups in total. The Morgan fingerprint density at radius 3 is 3.11 bits per heavy atom. The fourth-order valence-electron chi connectivity index (χ4n) is 1.87. The van der Waals surface area contributed by atoms with Crippen molar-refractivity contribution in [2.24, 2.45) is 0 Å². The van der Waals surface area contributed by atoms with E-state index in [0.29, 0.717) is 12.2 Å². The summed E-state index contributed by atoms with van der Waals surface area (Å²) < 4.78 is 18.8. The van der Waals surface area contributed by atoms with Crippen molar-refractivity contribution in [1.29, 1.82) is 0 Å². The van der Waals surface area contributed by atoms with Gasteiger partial charge in [0, 0.05) is 24.8 Å². The maximum absolute atomic E-state index is 13.6. The number of benzene rings is 1. The molecule has 1 saturated heterocycles. The Morgan fingerprint density at radius 1 is 1.53 bits per heavy atom. The number of amides is 1. The Balaban J connectivity index is 1.75. The molecular weight excluding hydrogens is 271 g/mol. The number of halogens is 2. The highest BCUT2D eigenvalue weighted by atomic mass is 35.5. The molecule has 0 aliphatic carbocycles. The van der Waals surface area contributed by atoms with Crippen molar-refractivity contribution in [1.82, 2.24) is 10.6 Å². The fraction of sp³-hybridized carbons (Fsp3) is 0.462. The van der Waals surface area contributed by atoms with Gasteiger partial charge >= 0.3 is 0 Å². The third kappa shape index (κ3) is 4.16. The lowest BCUT2D eigenvalue weighted by atomic mass is 10.2. The Kier molecular flexibility index (Phi) is 5.13. The first-order valence-corrected chi connectivity index (χ1v) is 6.55. The van der Waals surface area contributed by atoms with Gasteiger partial charge in [0.25, 0.3) is 0 Å². The molecule has 1 aromatic rings. The van der Waals surface area contributed by atoms with E-state index in [9.17, 15) is 9.18 Å². The summed E-state index contributed by atoms with van der Waals surface area (Å²) in [5.74, 6) is -0.659. The maximum atomic E-state index is 13.6. The van der Waals surface area contributed by atoms with Crippen molar-refractivity contribution in [3.63, 3.8) is 0 Å². The van der Waals surface area contributed by atoms with Crippen LogP contribution in [0.2, 0.25) is 5.02 Å². The highest BCUT2D eigenvalue weighted by Crippen LogP contribution is 2.17. The Bertz CT molecular complexity index is 450. The molecule has 1 amide bonds. The summed E-state index contributed by atoms with van der Waals surface area (Å²) in [5.41, 5.74) is 0.380. The normalized spacial score (nSPS) is 18.5. The van der Waals surface area contributed by atoms with E-state index in [1.54, 1.807) is 12.1 Å². The third-order valence-corrected chi connectivity index (χ3v) is 3.28. The number of rotatable bonds is 5. The molecule has 0 aromatic heterocycles. The molecule has 19 heavy (non-hydrogen) atoms. The summed E-state index contributed by atoms with van der Waals surface area (Å²) in [6.07, 6.45) is 0.913. The van der Waals surface area contributed by atoms with E-state index in [2.05, 4.69) is 10.6 Å². The van der Waals surface area contributed by atoms with Gasteiger partial charge in [0.15, 0.2) is 0 Å². The number of carbonyl (C=O) groups is 1. The van der Waals surface area contributed by atoms with Crippen LogP contribution in [0, 0.1) is 5.82 Å². The maximum Gasteiger partial charge on any atom is 0.234 e. The largest absolute Gasteiger partial charge is 0.380 e. The van der Waals surface area contributed by atoms with Crippen LogP contribution in [-0.4, -0.2) is 31.7 Å². The number of nitrogens with one attached hydrogen (secondary N) is 2. The molecule has 104 valence electrons. The van der Waals surface area contributed by atoms with E-state index in [4.69, 9.17) is 16.3 Å². The van der Waals surface area contributed by atoms with Crippen LogP contribution in [0.25, 0.3) is 0 Å². The number of carbonyl (C=O) groups excluding carboxylic acids is 1. The van der Waals surface area contributed by atoms with E-state index in [0.717, 1.165) is 13.0 Å². The molecule has 1 aromatic carbocycles. The zero-order valence-corrected chi connectivity index (χ0v) is 11.2. The van der Waals surface area contributed by atoms with Crippen LogP contribution in [0.5, 0.6) is 0 Å². The van der Waals surface area contributed by atoms with Gasteiger partial charge in [0.1, 0.15) is 5.82 Å². The Labute approximate surface area is 116 Å². The number of ether oxygens (including phenoxy) is 1. The minimum Gasteiger partial charge on any atom is -0.380 e. The standard InChI is InChI=1S/C13H16ClFN2O2/c14-11-3-1-2-9(13(11)15)6-17-12(18)7-16-10-4-5-19-8-10/h1-3,10,16H,4-8H2,(H,17,18)/t10-/m0/s1. The average Bonchev–Trinajstić information content (AvgIpc) is 2.91. The molecule has 6 heteroatoms. The molecule has 2 rings (SSSR count). The molecule has 1 atom stereocenters. The highest BCUT2D eigenvalue weighted by Gasteiger charge is 2.16. The fourth-order valence-corrected chi connectivity index (χ4v) is 2.07. The minimum atomic E-state index is -0.485. The zero-order chi connectivity index (χ0) is 13.7. The van der Waals surface area contributed by atoms with Crippen molar-refractivity contribution >= 4 is 17.5 Å². The quantitative estimate of drug-likeness (QED) is 0.862. The lowest BCUT2D eigenvalue weighted by Crippen LogP contribution is -2.39. The predicted octanol–water partition coefficient (Wildman–Crippen LogP) is 1.47. The number of hydrogen-bond donors (Lipinski definition) is 2. The summed E-state index contributed by atoms with van der Waals surface area (Å²) in [6.45, 7) is 1.70. The predicted molar refractivity (Wildman–Crippen MR) is 70.5 cm³/mol. The summed E-state index contributed by atoms with van der Waals surface area (Å²) >= 11 is 5.66. The number of hydrogen-bond acceptors (Lipinski definition) is 3. The van der Waals surface area contributed by atoms with Gasteiger partial charge in [-0.05, 0) is 12.5 Å². The van der Waals surface area contributed by atoms with Gasteiger partial charge in [0.2, 0.25) is 5.91 Å². The third-order valence-electron chi connectivity index (χ3n) is 2.99.